The lowest BCUT2D eigenvalue weighted by atomic mass is 10.1. The van der Waals surface area contributed by atoms with Gasteiger partial charge in [0, 0.05) is 18.7 Å². The fourth-order valence-corrected chi connectivity index (χ4v) is 2.53. The summed E-state index contributed by atoms with van der Waals surface area (Å²) in [6, 6.07) is 6.75. The highest BCUT2D eigenvalue weighted by Gasteiger charge is 2.17. The van der Waals surface area contributed by atoms with E-state index in [0.29, 0.717) is 25.1 Å². The van der Waals surface area contributed by atoms with Crippen molar-refractivity contribution in [2.24, 2.45) is 17.6 Å². The number of rotatable bonds is 8. The third-order valence-electron chi connectivity index (χ3n) is 4.53. The zero-order valence-corrected chi connectivity index (χ0v) is 22.3. The van der Waals surface area contributed by atoms with Crippen LogP contribution in [-0.2, 0) is 20.7 Å². The summed E-state index contributed by atoms with van der Waals surface area (Å²) >= 11 is 0. The third-order valence-corrected chi connectivity index (χ3v) is 4.53. The monoisotopic (exact) mass is 478 g/mol. The lowest BCUT2D eigenvalue weighted by Crippen LogP contribution is -2.41. The van der Waals surface area contributed by atoms with E-state index in [2.05, 4.69) is 28.6 Å². The molecule has 194 valence electrons. The molecule has 34 heavy (non-hydrogen) atoms. The highest BCUT2D eigenvalue weighted by atomic mass is 16.6. The summed E-state index contributed by atoms with van der Waals surface area (Å²) in [5.41, 5.74) is 5.65. The summed E-state index contributed by atoms with van der Waals surface area (Å²) in [5.74, 6) is 0.926. The van der Waals surface area contributed by atoms with Gasteiger partial charge in [0.15, 0.2) is 0 Å². The van der Waals surface area contributed by atoms with E-state index in [1.807, 2.05) is 46.8 Å². The Morgan fingerprint density at radius 3 is 2.03 bits per heavy atom. The molecule has 1 aliphatic carbocycles. The maximum Gasteiger partial charge on any atom is 0.407 e. The second kappa shape index (κ2) is 16.1. The highest BCUT2D eigenvalue weighted by Crippen LogP contribution is 2.26. The van der Waals surface area contributed by atoms with Crippen LogP contribution in [0.3, 0.4) is 0 Å². The molecule has 2 rings (SSSR count). The number of carbonyl (C=O) groups excluding carboxylic acids is 3. The molecule has 5 N–H and O–H groups in total. The number of anilines is 1. The van der Waals surface area contributed by atoms with Gasteiger partial charge in [0.25, 0.3) is 0 Å². The highest BCUT2D eigenvalue weighted by molar-refractivity contribution is 5.96. The molecule has 0 heterocycles. The number of nitrogens with one attached hydrogen (secondary N) is 3. The lowest BCUT2D eigenvalue weighted by Gasteiger charge is -2.19. The molecule has 1 saturated carbocycles. The van der Waals surface area contributed by atoms with Gasteiger partial charge in [-0.25, -0.2) is 4.79 Å². The van der Waals surface area contributed by atoms with Crippen LogP contribution in [0.1, 0.15) is 73.3 Å². The van der Waals surface area contributed by atoms with Gasteiger partial charge in [-0.05, 0) is 70.7 Å². The van der Waals surface area contributed by atoms with Crippen molar-refractivity contribution in [1.29, 1.82) is 0 Å². The van der Waals surface area contributed by atoms with Gasteiger partial charge >= 0.3 is 6.09 Å². The van der Waals surface area contributed by atoms with Crippen LogP contribution in [0.15, 0.2) is 24.3 Å². The van der Waals surface area contributed by atoms with E-state index >= 15 is 0 Å². The van der Waals surface area contributed by atoms with Crippen LogP contribution < -0.4 is 21.7 Å². The predicted octanol–water partition coefficient (Wildman–Crippen LogP) is 4.23. The number of carbonyl (C=O) groups is 3. The van der Waals surface area contributed by atoms with Crippen molar-refractivity contribution in [2.75, 3.05) is 18.9 Å². The maximum atomic E-state index is 12.2. The molecule has 0 saturated heterocycles. The van der Waals surface area contributed by atoms with Gasteiger partial charge < -0.3 is 26.4 Å². The van der Waals surface area contributed by atoms with Crippen LogP contribution in [0, 0.1) is 11.8 Å². The molecule has 1 aromatic rings. The zero-order valence-electron chi connectivity index (χ0n) is 22.3. The van der Waals surface area contributed by atoms with Crippen LogP contribution in [0.4, 0.5) is 10.5 Å². The first kappa shape index (κ1) is 31.4. The molecule has 1 aromatic carbocycles. The molecule has 1 aliphatic rings. The number of alkyl carbamates (subject to hydrolysis) is 1. The Hall–Kier alpha value is -2.61. The van der Waals surface area contributed by atoms with Crippen LogP contribution in [-0.4, -0.2) is 43.1 Å². The first-order valence-electron chi connectivity index (χ1n) is 12.1. The predicted molar refractivity (Wildman–Crippen MR) is 139 cm³/mol. The molecule has 0 bridgehead atoms. The molecule has 1 fully saturated rings. The molecule has 0 aliphatic heterocycles. The Morgan fingerprint density at radius 1 is 1.06 bits per heavy atom. The Bertz CT molecular complexity index is 738. The summed E-state index contributed by atoms with van der Waals surface area (Å²) in [6.07, 6.45) is 3.57. The molecule has 0 spiro atoms. The Balaban J connectivity index is 0.00000159. The topological polar surface area (TPSA) is 123 Å². The molecule has 8 nitrogen and oxygen atoms in total. The van der Waals surface area contributed by atoms with Gasteiger partial charge in [-0.2, -0.15) is 0 Å². The number of amides is 3. The summed E-state index contributed by atoms with van der Waals surface area (Å²) in [7, 11) is 1.50. The van der Waals surface area contributed by atoms with Crippen molar-refractivity contribution < 1.29 is 19.1 Å². The van der Waals surface area contributed by atoms with Gasteiger partial charge in [-0.15, -0.1) is 0 Å². The fraction of sp³-hybridized carbons (Fsp3) is 0.654. The van der Waals surface area contributed by atoms with Crippen LogP contribution in [0.2, 0.25) is 0 Å². The van der Waals surface area contributed by atoms with Gasteiger partial charge in [-0.3, -0.25) is 9.59 Å². The van der Waals surface area contributed by atoms with Crippen molar-refractivity contribution in [2.45, 2.75) is 85.8 Å². The van der Waals surface area contributed by atoms with Gasteiger partial charge in [0.2, 0.25) is 11.8 Å². The average Bonchev–Trinajstić information content (AvgIpc) is 3.51. The van der Waals surface area contributed by atoms with Crippen molar-refractivity contribution in [3.05, 3.63) is 29.8 Å². The largest absolute Gasteiger partial charge is 0.444 e. The summed E-state index contributed by atoms with van der Waals surface area (Å²) in [4.78, 5) is 35.6. The molecular weight excluding hydrogens is 432 g/mol. The van der Waals surface area contributed by atoms with E-state index in [9.17, 15) is 14.4 Å². The van der Waals surface area contributed by atoms with Gasteiger partial charge in [0.1, 0.15) is 11.6 Å². The maximum absolute atomic E-state index is 12.2. The summed E-state index contributed by atoms with van der Waals surface area (Å²) in [5, 5.41) is 8.19. The van der Waals surface area contributed by atoms with E-state index in [0.717, 1.165) is 11.5 Å². The first-order chi connectivity index (χ1) is 15.9. The Morgan fingerprint density at radius 2 is 1.59 bits per heavy atom. The minimum atomic E-state index is -0.607. The Kier molecular flexibility index (Phi) is 14.9. The summed E-state index contributed by atoms with van der Waals surface area (Å²) in [6.45, 7) is 13.7. The average molecular weight is 479 g/mol. The van der Waals surface area contributed by atoms with E-state index in [1.165, 1.54) is 19.9 Å². The lowest BCUT2D eigenvalue weighted by molar-refractivity contribution is -0.126. The minimum Gasteiger partial charge on any atom is -0.444 e. The molecular formula is C26H46N4O4. The second-order valence-corrected chi connectivity index (χ2v) is 9.93. The SMILES string of the molecule is CC(C)CC(=O)NC(C)C(=O)Nc1ccc(CCNC(=O)OC(C)(C)C)cc1.CC1CC1.CN. The zero-order chi connectivity index (χ0) is 26.3. The second-order valence-electron chi connectivity index (χ2n) is 9.93. The Labute approximate surface area is 205 Å². The number of ether oxygens (including phenoxy) is 1. The van der Waals surface area contributed by atoms with E-state index in [4.69, 9.17) is 4.74 Å². The standard InChI is InChI=1S/C21H33N3O4.C4H8.CH5N/c1-14(2)13-18(25)23-15(3)19(26)24-17-9-7-16(8-10-17)11-12-22-20(27)28-21(4,5)6;1-4-2-3-4;1-2/h7-10,14-15H,11-13H2,1-6H3,(H,22,27)(H,23,25)(H,24,26);4H,2-3H2,1H3;2H2,1H3. The normalized spacial score (nSPS) is 13.4. The number of benzene rings is 1. The van der Waals surface area contributed by atoms with Crippen molar-refractivity contribution in [3.63, 3.8) is 0 Å². The molecule has 8 heteroatoms. The molecule has 3 amide bonds. The third kappa shape index (κ3) is 16.9. The van der Waals surface area contributed by atoms with Crippen LogP contribution in [0.25, 0.3) is 0 Å². The number of hydrogen-bond donors (Lipinski definition) is 4. The van der Waals surface area contributed by atoms with Crippen molar-refractivity contribution >= 4 is 23.6 Å². The molecule has 0 aromatic heterocycles. The number of nitrogens with two attached hydrogens (primary N) is 1. The number of hydrogen-bond acceptors (Lipinski definition) is 5. The van der Waals surface area contributed by atoms with Gasteiger partial charge in [-0.1, -0.05) is 45.7 Å². The quantitative estimate of drug-likeness (QED) is 0.445. The molecule has 1 unspecified atom stereocenters. The molecule has 1 atom stereocenters. The van der Waals surface area contributed by atoms with Crippen molar-refractivity contribution in [3.8, 4) is 0 Å². The van der Waals surface area contributed by atoms with E-state index in [-0.39, 0.29) is 17.7 Å². The fourth-order valence-electron chi connectivity index (χ4n) is 2.53. The van der Waals surface area contributed by atoms with Crippen LogP contribution in [0.5, 0.6) is 0 Å². The smallest absolute Gasteiger partial charge is 0.407 e. The van der Waals surface area contributed by atoms with E-state index in [1.54, 1.807) is 19.1 Å². The van der Waals surface area contributed by atoms with Crippen molar-refractivity contribution in [1.82, 2.24) is 10.6 Å². The summed E-state index contributed by atoms with van der Waals surface area (Å²) < 4.78 is 5.18. The molecule has 0 radical (unpaired) electrons. The minimum absolute atomic E-state index is 0.134. The first-order valence-corrected chi connectivity index (χ1v) is 12.1. The van der Waals surface area contributed by atoms with E-state index < -0.39 is 17.7 Å². The van der Waals surface area contributed by atoms with Crippen LogP contribution >= 0.6 is 0 Å². The van der Waals surface area contributed by atoms with Gasteiger partial charge in [0.05, 0.1) is 0 Å².